The van der Waals surface area contributed by atoms with Crippen molar-refractivity contribution >= 4 is 39.0 Å². The number of fused-ring (bicyclic) bond motifs is 1. The third-order valence-electron chi connectivity index (χ3n) is 4.69. The summed E-state index contributed by atoms with van der Waals surface area (Å²) in [7, 11) is -3.85. The molecule has 0 unspecified atom stereocenters. The molecule has 0 aliphatic carbocycles. The fourth-order valence-corrected chi connectivity index (χ4v) is 4.09. The first-order valence-electron chi connectivity index (χ1n) is 9.34. The number of rotatable bonds is 6. The smallest absolute Gasteiger partial charge is 0.420 e. The van der Waals surface area contributed by atoms with E-state index in [4.69, 9.17) is 11.6 Å². The first-order chi connectivity index (χ1) is 15.0. The number of anilines is 2. The number of benzene rings is 2. The van der Waals surface area contributed by atoms with Crippen LogP contribution in [0.5, 0.6) is 5.75 Å². The van der Waals surface area contributed by atoms with Crippen LogP contribution in [0.1, 0.15) is 15.9 Å². The van der Waals surface area contributed by atoms with Crippen molar-refractivity contribution < 1.29 is 26.7 Å². The number of hydrogen-bond donors (Lipinski definition) is 2. The number of carbonyl (C=O) groups is 1. The van der Waals surface area contributed by atoms with E-state index in [-0.39, 0.29) is 17.3 Å². The highest BCUT2D eigenvalue weighted by Gasteiger charge is 2.27. The summed E-state index contributed by atoms with van der Waals surface area (Å²) in [6.45, 7) is 0.789. The lowest BCUT2D eigenvalue weighted by molar-refractivity contribution is -0.0964. The highest BCUT2D eigenvalue weighted by atomic mass is 35.5. The number of alkyl halides is 3. The first kappa shape index (κ1) is 22.0. The second kappa shape index (κ2) is 8.06. The predicted molar refractivity (Wildman–Crippen MR) is 116 cm³/mol. The topological polar surface area (TPSA) is 102 Å². The van der Waals surface area contributed by atoms with Gasteiger partial charge in [-0.05, 0) is 54.4 Å². The van der Waals surface area contributed by atoms with Crippen LogP contribution in [0.15, 0.2) is 48.5 Å². The average Bonchev–Trinajstić information content (AvgIpc) is 3.33. The Labute approximate surface area is 187 Å². The van der Waals surface area contributed by atoms with Crippen molar-refractivity contribution in [2.45, 2.75) is 12.0 Å². The van der Waals surface area contributed by atoms with Gasteiger partial charge in [0.05, 0.1) is 11.9 Å². The molecular weight excluding hydrogens is 466 g/mol. The average molecular weight is 483 g/mol. The molecule has 4 rings (SSSR count). The number of halogens is 3. The Hall–Kier alpha value is -3.18. The lowest BCUT2D eigenvalue weighted by atomic mass is 10.1. The fraction of sp³-hybridized carbons (Fsp3) is 0.200. The second-order valence-electron chi connectivity index (χ2n) is 7.10. The molecule has 2 heterocycles. The van der Waals surface area contributed by atoms with Crippen LogP contribution < -0.4 is 15.4 Å². The van der Waals surface area contributed by atoms with E-state index < -0.39 is 21.5 Å². The molecule has 0 saturated heterocycles. The molecule has 0 saturated carbocycles. The summed E-state index contributed by atoms with van der Waals surface area (Å²) in [5, 5.41) is 9.83. The summed E-state index contributed by atoms with van der Waals surface area (Å²) in [4.78, 5) is 12.7. The quantitative estimate of drug-likeness (QED) is 0.519. The Morgan fingerprint density at radius 2 is 1.94 bits per heavy atom. The zero-order valence-corrected chi connectivity index (χ0v) is 18.2. The maximum atomic E-state index is 12.8. The van der Waals surface area contributed by atoms with Crippen LogP contribution >= 0.6 is 11.6 Å². The van der Waals surface area contributed by atoms with Crippen LogP contribution in [-0.2, 0) is 16.4 Å². The standard InChI is InChI=1S/C20H17ClF2N4O4S/c1-32(29,30)27-18(25-19(28)14-4-7-16-13(10-14)8-9-24-16)11-17(26-27)12-2-5-15(6-3-12)31-20(21,22)23/h2-7,10-11,24H,8-9H2,1H3,(H,25,28). The summed E-state index contributed by atoms with van der Waals surface area (Å²) in [6.07, 6.45) is 1.73. The molecule has 1 aliphatic rings. The first-order valence-corrected chi connectivity index (χ1v) is 11.6. The fourth-order valence-electron chi connectivity index (χ4n) is 3.31. The number of nitrogens with one attached hydrogen (secondary N) is 2. The van der Waals surface area contributed by atoms with Crippen molar-refractivity contribution in [2.24, 2.45) is 0 Å². The van der Waals surface area contributed by atoms with Gasteiger partial charge >= 0.3 is 5.57 Å². The summed E-state index contributed by atoms with van der Waals surface area (Å²) in [5.74, 6) is -0.737. The van der Waals surface area contributed by atoms with Crippen molar-refractivity contribution in [2.75, 3.05) is 23.4 Å². The molecule has 32 heavy (non-hydrogen) atoms. The Kier molecular flexibility index (Phi) is 5.55. The van der Waals surface area contributed by atoms with Gasteiger partial charge in [-0.3, -0.25) is 4.79 Å². The van der Waals surface area contributed by atoms with Gasteiger partial charge in [0, 0.05) is 41.0 Å². The van der Waals surface area contributed by atoms with E-state index >= 15 is 0 Å². The van der Waals surface area contributed by atoms with Gasteiger partial charge in [0.2, 0.25) is 0 Å². The number of carbonyl (C=O) groups excluding carboxylic acids is 1. The van der Waals surface area contributed by atoms with E-state index in [0.29, 0.717) is 15.2 Å². The van der Waals surface area contributed by atoms with Crippen LogP contribution in [-0.4, -0.2) is 41.9 Å². The molecule has 0 fully saturated rings. The Morgan fingerprint density at radius 1 is 1.22 bits per heavy atom. The molecule has 1 aliphatic heterocycles. The van der Waals surface area contributed by atoms with Crippen molar-refractivity contribution in [1.29, 1.82) is 0 Å². The molecule has 0 radical (unpaired) electrons. The number of amides is 1. The number of ether oxygens (including phenoxy) is 1. The van der Waals surface area contributed by atoms with E-state index in [2.05, 4.69) is 20.5 Å². The van der Waals surface area contributed by atoms with Gasteiger partial charge in [-0.1, -0.05) is 0 Å². The van der Waals surface area contributed by atoms with E-state index in [1.807, 2.05) is 0 Å². The Balaban J connectivity index is 1.62. The summed E-state index contributed by atoms with van der Waals surface area (Å²) >= 11 is 4.75. The van der Waals surface area contributed by atoms with Crippen molar-refractivity contribution in [3.05, 3.63) is 59.7 Å². The van der Waals surface area contributed by atoms with Crippen LogP contribution in [0.25, 0.3) is 11.3 Å². The Bertz CT molecular complexity index is 1290. The van der Waals surface area contributed by atoms with Gasteiger partial charge in [-0.25, -0.2) is 8.42 Å². The summed E-state index contributed by atoms with van der Waals surface area (Å²) < 4.78 is 54.9. The van der Waals surface area contributed by atoms with Crippen molar-refractivity contribution in [1.82, 2.24) is 9.19 Å². The van der Waals surface area contributed by atoms with E-state index in [1.165, 1.54) is 30.3 Å². The number of hydrogen-bond acceptors (Lipinski definition) is 6. The molecule has 12 heteroatoms. The highest BCUT2D eigenvalue weighted by molar-refractivity contribution is 7.89. The molecule has 1 aromatic heterocycles. The van der Waals surface area contributed by atoms with Crippen LogP contribution in [0, 0.1) is 0 Å². The van der Waals surface area contributed by atoms with Gasteiger partial charge in [0.1, 0.15) is 11.6 Å². The van der Waals surface area contributed by atoms with Gasteiger partial charge in [0.15, 0.2) is 0 Å². The van der Waals surface area contributed by atoms with E-state index in [1.54, 1.807) is 18.2 Å². The molecule has 1 amide bonds. The molecule has 0 spiro atoms. The number of aromatic nitrogens is 2. The second-order valence-corrected chi connectivity index (χ2v) is 9.35. The SMILES string of the molecule is CS(=O)(=O)n1nc(-c2ccc(OC(F)(F)Cl)cc2)cc1NC(=O)c1ccc2c(c1)CCN2. The minimum Gasteiger partial charge on any atom is -0.420 e. The van der Waals surface area contributed by atoms with Crippen molar-refractivity contribution in [3.63, 3.8) is 0 Å². The normalized spacial score (nSPS) is 13.4. The Morgan fingerprint density at radius 3 is 2.59 bits per heavy atom. The zero-order chi connectivity index (χ0) is 23.1. The number of nitrogens with zero attached hydrogens (tertiary/aromatic N) is 2. The largest absolute Gasteiger partial charge is 0.487 e. The van der Waals surface area contributed by atoms with E-state index in [9.17, 15) is 22.0 Å². The third kappa shape index (κ3) is 4.83. The minimum absolute atomic E-state index is 0.0567. The molecule has 0 atom stereocenters. The van der Waals surface area contributed by atoms with Gasteiger partial charge in [-0.2, -0.15) is 5.10 Å². The molecule has 2 aromatic carbocycles. The van der Waals surface area contributed by atoms with Crippen LogP contribution in [0.2, 0.25) is 0 Å². The van der Waals surface area contributed by atoms with Gasteiger partial charge in [-0.15, -0.1) is 12.9 Å². The molecule has 8 nitrogen and oxygen atoms in total. The van der Waals surface area contributed by atoms with Crippen LogP contribution in [0.3, 0.4) is 0 Å². The zero-order valence-electron chi connectivity index (χ0n) is 16.6. The third-order valence-corrected chi connectivity index (χ3v) is 5.68. The lowest BCUT2D eigenvalue weighted by Crippen LogP contribution is -2.19. The lowest BCUT2D eigenvalue weighted by Gasteiger charge is -2.10. The molecular formula is C20H17ClF2N4O4S. The minimum atomic E-state index is -3.86. The maximum Gasteiger partial charge on any atom is 0.487 e. The molecule has 2 N–H and O–H groups in total. The van der Waals surface area contributed by atoms with Crippen LogP contribution in [0.4, 0.5) is 20.3 Å². The van der Waals surface area contributed by atoms with E-state index in [0.717, 1.165) is 30.5 Å². The predicted octanol–water partition coefficient (Wildman–Crippen LogP) is 3.75. The summed E-state index contributed by atoms with van der Waals surface area (Å²) in [5.41, 5.74) is -0.905. The molecule has 0 bridgehead atoms. The highest BCUT2D eigenvalue weighted by Crippen LogP contribution is 2.29. The van der Waals surface area contributed by atoms with Crippen molar-refractivity contribution in [3.8, 4) is 17.0 Å². The molecule has 168 valence electrons. The van der Waals surface area contributed by atoms with Gasteiger partial charge in [0.25, 0.3) is 15.9 Å². The molecule has 3 aromatic rings. The summed E-state index contributed by atoms with van der Waals surface area (Å²) in [6, 6.07) is 11.9. The maximum absolute atomic E-state index is 12.8. The van der Waals surface area contributed by atoms with Gasteiger partial charge < -0.3 is 15.4 Å². The monoisotopic (exact) mass is 482 g/mol.